The van der Waals surface area contributed by atoms with E-state index in [2.05, 4.69) is 10.6 Å². The molecule has 0 spiro atoms. The van der Waals surface area contributed by atoms with Crippen LogP contribution in [0.1, 0.15) is 39.1 Å². The third-order valence-corrected chi connectivity index (χ3v) is 7.58. The van der Waals surface area contributed by atoms with Crippen molar-refractivity contribution in [1.82, 2.24) is 10.6 Å². The van der Waals surface area contributed by atoms with Crippen molar-refractivity contribution in [3.8, 4) is 28.2 Å². The summed E-state index contributed by atoms with van der Waals surface area (Å²) in [5, 5.41) is 15.8. The van der Waals surface area contributed by atoms with Crippen LogP contribution >= 0.6 is 0 Å². The van der Waals surface area contributed by atoms with Crippen LogP contribution in [0.15, 0.2) is 95.4 Å². The van der Waals surface area contributed by atoms with Gasteiger partial charge in [0.05, 0.1) is 17.7 Å². The minimum Gasteiger partial charge on any atom is -0.491 e. The van der Waals surface area contributed by atoms with Crippen LogP contribution in [0.25, 0.3) is 33.4 Å². The SMILES string of the molecule is CNC(=O)c1c(-c2ccc(F)cc2)oc2ccc(-c3cc(C(=O)NC4(c5ccccc5)CC4)ccc3OCCO)cc12. The van der Waals surface area contributed by atoms with Crippen molar-refractivity contribution in [2.24, 2.45) is 0 Å². The standard InChI is InChI=1S/C34H29FN2O5/c1-36-33(40)30-27-19-22(9-14-29(27)42-31(30)21-7-11-25(35)12-8-21)26-20-23(10-13-28(26)41-18-17-38)32(39)37-34(15-16-34)24-5-3-2-4-6-24/h2-14,19-20,38H,15-18H2,1H3,(H,36,40)(H,37,39). The number of hydrogen-bond donors (Lipinski definition) is 3. The Bertz CT molecular complexity index is 1780. The highest BCUT2D eigenvalue weighted by molar-refractivity contribution is 6.12. The molecule has 212 valence electrons. The number of amides is 2. The first kappa shape index (κ1) is 27.2. The van der Waals surface area contributed by atoms with Crippen LogP contribution in [0.2, 0.25) is 0 Å². The molecule has 0 atom stereocenters. The third kappa shape index (κ3) is 5.12. The first-order chi connectivity index (χ1) is 20.4. The van der Waals surface area contributed by atoms with E-state index in [0.717, 1.165) is 18.4 Å². The average Bonchev–Trinajstić information content (AvgIpc) is 3.71. The summed E-state index contributed by atoms with van der Waals surface area (Å²) in [5.41, 5.74) is 3.80. The van der Waals surface area contributed by atoms with E-state index in [9.17, 15) is 19.1 Å². The Hall–Kier alpha value is -4.95. The Morgan fingerprint density at radius 1 is 0.929 bits per heavy atom. The highest BCUT2D eigenvalue weighted by Gasteiger charge is 2.45. The summed E-state index contributed by atoms with van der Waals surface area (Å²) in [4.78, 5) is 26.5. The van der Waals surface area contributed by atoms with Gasteiger partial charge in [-0.1, -0.05) is 36.4 Å². The molecule has 1 saturated carbocycles. The van der Waals surface area contributed by atoms with E-state index in [1.54, 1.807) is 36.4 Å². The Labute approximate surface area is 241 Å². The second kappa shape index (κ2) is 11.1. The molecule has 0 unspecified atom stereocenters. The Morgan fingerprint density at radius 3 is 2.36 bits per heavy atom. The van der Waals surface area contributed by atoms with Crippen molar-refractivity contribution < 1.29 is 28.2 Å². The number of furan rings is 1. The van der Waals surface area contributed by atoms with Crippen molar-refractivity contribution in [2.75, 3.05) is 20.3 Å². The van der Waals surface area contributed by atoms with Gasteiger partial charge in [-0.2, -0.15) is 0 Å². The molecule has 8 heteroatoms. The van der Waals surface area contributed by atoms with E-state index in [-0.39, 0.29) is 30.6 Å². The first-order valence-corrected chi connectivity index (χ1v) is 13.7. The van der Waals surface area contributed by atoms with E-state index in [0.29, 0.717) is 50.3 Å². The summed E-state index contributed by atoms with van der Waals surface area (Å²) in [6.45, 7) is -0.105. The predicted octanol–water partition coefficient (Wildman–Crippen LogP) is 6.06. The maximum Gasteiger partial charge on any atom is 0.255 e. The van der Waals surface area contributed by atoms with Gasteiger partial charge in [0.25, 0.3) is 11.8 Å². The van der Waals surface area contributed by atoms with Gasteiger partial charge in [-0.25, -0.2) is 4.39 Å². The number of hydrogen-bond acceptors (Lipinski definition) is 5. The van der Waals surface area contributed by atoms with Crippen molar-refractivity contribution in [3.05, 3.63) is 114 Å². The normalized spacial score (nSPS) is 13.5. The number of halogens is 1. The molecular weight excluding hydrogens is 535 g/mol. The average molecular weight is 565 g/mol. The molecule has 5 aromatic rings. The summed E-state index contributed by atoms with van der Waals surface area (Å²) in [6, 6.07) is 26.2. The number of rotatable bonds is 9. The molecule has 1 aliphatic carbocycles. The van der Waals surface area contributed by atoms with Gasteiger partial charge in [-0.3, -0.25) is 9.59 Å². The lowest BCUT2D eigenvalue weighted by Gasteiger charge is -2.19. The fourth-order valence-electron chi connectivity index (χ4n) is 5.26. The minimum absolute atomic E-state index is 0.0713. The van der Waals surface area contributed by atoms with E-state index in [4.69, 9.17) is 9.15 Å². The number of aliphatic hydroxyl groups excluding tert-OH is 1. The molecule has 1 aromatic heterocycles. The monoisotopic (exact) mass is 564 g/mol. The molecule has 3 N–H and O–H groups in total. The van der Waals surface area contributed by atoms with Gasteiger partial charge in [0, 0.05) is 29.1 Å². The van der Waals surface area contributed by atoms with E-state index in [1.165, 1.54) is 19.2 Å². The number of fused-ring (bicyclic) bond motifs is 1. The number of benzene rings is 4. The molecule has 1 fully saturated rings. The maximum absolute atomic E-state index is 13.6. The van der Waals surface area contributed by atoms with Crippen LogP contribution < -0.4 is 15.4 Å². The van der Waals surface area contributed by atoms with Gasteiger partial charge < -0.3 is 24.9 Å². The van der Waals surface area contributed by atoms with Crippen molar-refractivity contribution in [1.29, 1.82) is 0 Å². The van der Waals surface area contributed by atoms with E-state index in [1.807, 2.05) is 42.5 Å². The fourth-order valence-corrected chi connectivity index (χ4v) is 5.26. The zero-order valence-electron chi connectivity index (χ0n) is 22.9. The molecule has 42 heavy (non-hydrogen) atoms. The van der Waals surface area contributed by atoms with Gasteiger partial charge in [-0.15, -0.1) is 0 Å². The maximum atomic E-state index is 13.6. The largest absolute Gasteiger partial charge is 0.491 e. The summed E-state index contributed by atoms with van der Waals surface area (Å²) in [5.74, 6) is -0.157. The molecule has 0 bridgehead atoms. The highest BCUT2D eigenvalue weighted by Crippen LogP contribution is 2.46. The van der Waals surface area contributed by atoms with Crippen LogP contribution in [0.3, 0.4) is 0 Å². The molecule has 2 amide bonds. The zero-order valence-corrected chi connectivity index (χ0v) is 22.9. The van der Waals surface area contributed by atoms with Crippen molar-refractivity contribution >= 4 is 22.8 Å². The van der Waals surface area contributed by atoms with Gasteiger partial charge in [0.15, 0.2) is 0 Å². The lowest BCUT2D eigenvalue weighted by Crippen LogP contribution is -2.34. The Morgan fingerprint density at radius 2 is 1.67 bits per heavy atom. The van der Waals surface area contributed by atoms with E-state index < -0.39 is 5.82 Å². The fraction of sp³-hybridized carbons (Fsp3) is 0.176. The van der Waals surface area contributed by atoms with Crippen molar-refractivity contribution in [2.45, 2.75) is 18.4 Å². The summed E-state index contributed by atoms with van der Waals surface area (Å²) in [6.07, 6.45) is 1.73. The third-order valence-electron chi connectivity index (χ3n) is 7.58. The smallest absolute Gasteiger partial charge is 0.255 e. The summed E-state index contributed by atoms with van der Waals surface area (Å²) < 4.78 is 25.5. The summed E-state index contributed by atoms with van der Waals surface area (Å²) >= 11 is 0. The second-order valence-corrected chi connectivity index (χ2v) is 10.3. The number of aliphatic hydroxyl groups is 1. The molecule has 1 heterocycles. The van der Waals surface area contributed by atoms with Crippen molar-refractivity contribution in [3.63, 3.8) is 0 Å². The minimum atomic E-state index is -0.394. The Kier molecular flexibility index (Phi) is 7.22. The molecule has 7 nitrogen and oxygen atoms in total. The number of carbonyl (C=O) groups is 2. The molecular formula is C34H29FN2O5. The lowest BCUT2D eigenvalue weighted by atomic mass is 9.97. The second-order valence-electron chi connectivity index (χ2n) is 10.3. The Balaban J connectivity index is 1.42. The van der Waals surface area contributed by atoms with Crippen LogP contribution in [0.5, 0.6) is 5.75 Å². The molecule has 0 radical (unpaired) electrons. The quantitative estimate of drug-likeness (QED) is 0.202. The molecule has 0 aliphatic heterocycles. The van der Waals surface area contributed by atoms with E-state index >= 15 is 0 Å². The van der Waals surface area contributed by atoms with Gasteiger partial charge in [-0.05, 0) is 78.6 Å². The van der Waals surface area contributed by atoms with Crippen LogP contribution in [0, 0.1) is 5.82 Å². The van der Waals surface area contributed by atoms with Gasteiger partial charge in [0.2, 0.25) is 0 Å². The van der Waals surface area contributed by atoms with Crippen LogP contribution in [0.4, 0.5) is 4.39 Å². The topological polar surface area (TPSA) is 101 Å². The number of ether oxygens (including phenoxy) is 1. The lowest BCUT2D eigenvalue weighted by molar-refractivity contribution is 0.0928. The number of nitrogens with one attached hydrogen (secondary N) is 2. The summed E-state index contributed by atoms with van der Waals surface area (Å²) in [7, 11) is 1.53. The van der Waals surface area contributed by atoms with Gasteiger partial charge >= 0.3 is 0 Å². The zero-order chi connectivity index (χ0) is 29.3. The van der Waals surface area contributed by atoms with Crippen LogP contribution in [-0.2, 0) is 5.54 Å². The molecule has 0 saturated heterocycles. The van der Waals surface area contributed by atoms with Gasteiger partial charge in [0.1, 0.15) is 29.5 Å². The number of carbonyl (C=O) groups excluding carboxylic acids is 2. The molecule has 1 aliphatic rings. The molecule has 6 rings (SSSR count). The molecule has 4 aromatic carbocycles. The first-order valence-electron chi connectivity index (χ1n) is 13.7. The predicted molar refractivity (Wildman–Crippen MR) is 158 cm³/mol. The highest BCUT2D eigenvalue weighted by atomic mass is 19.1. The van der Waals surface area contributed by atoms with Crippen LogP contribution in [-0.4, -0.2) is 37.2 Å².